The van der Waals surface area contributed by atoms with Crippen molar-refractivity contribution >= 4 is 5.96 Å². The van der Waals surface area contributed by atoms with E-state index < -0.39 is 0 Å². The van der Waals surface area contributed by atoms with Gasteiger partial charge in [0.05, 0.1) is 31.5 Å². The molecule has 1 saturated heterocycles. The average molecular weight is 382 g/mol. The lowest BCUT2D eigenvalue weighted by molar-refractivity contribution is 0.0170. The van der Waals surface area contributed by atoms with E-state index in [9.17, 15) is 0 Å². The highest BCUT2D eigenvalue weighted by Gasteiger charge is 2.23. The molecule has 0 bridgehead atoms. The Morgan fingerprint density at radius 2 is 2.04 bits per heavy atom. The summed E-state index contributed by atoms with van der Waals surface area (Å²) in [7, 11) is 0. The number of aromatic nitrogens is 1. The number of aliphatic imine (C=N–C) groups is 1. The first kappa shape index (κ1) is 20.3. The minimum atomic E-state index is 0.280. The van der Waals surface area contributed by atoms with Gasteiger partial charge >= 0.3 is 0 Å². The third-order valence-corrected chi connectivity index (χ3v) is 4.85. The monoisotopic (exact) mass is 381 g/mol. The zero-order valence-electron chi connectivity index (χ0n) is 16.9. The molecule has 6 heteroatoms. The molecular weight excluding hydrogens is 350 g/mol. The number of hydrogen-bond acceptors (Lipinski definition) is 4. The van der Waals surface area contributed by atoms with Crippen molar-refractivity contribution in [2.24, 2.45) is 4.99 Å². The summed E-state index contributed by atoms with van der Waals surface area (Å²) < 4.78 is 5.56. The standard InChI is InChI=1S/C22H31N5O/c1-3-23-22(25-16-20-9-4-5-10-24-20)26-17-21(27-11-13-28-14-12-27)19-8-6-7-18(2)15-19/h4-10,15,21H,3,11-14,16-17H2,1-2H3,(H2,23,25,26). The van der Waals surface area contributed by atoms with Gasteiger partial charge in [-0.05, 0) is 31.5 Å². The van der Waals surface area contributed by atoms with Crippen molar-refractivity contribution < 1.29 is 4.74 Å². The molecule has 1 aromatic heterocycles. The Balaban J connectivity index is 1.70. The maximum atomic E-state index is 5.56. The van der Waals surface area contributed by atoms with Crippen LogP contribution >= 0.6 is 0 Å². The molecule has 0 amide bonds. The normalized spacial score (nSPS) is 16.6. The zero-order chi connectivity index (χ0) is 19.6. The second-order valence-corrected chi connectivity index (χ2v) is 6.98. The lowest BCUT2D eigenvalue weighted by atomic mass is 10.0. The van der Waals surface area contributed by atoms with Crippen LogP contribution in [0.3, 0.4) is 0 Å². The van der Waals surface area contributed by atoms with Gasteiger partial charge in [0, 0.05) is 32.4 Å². The largest absolute Gasteiger partial charge is 0.379 e. The van der Waals surface area contributed by atoms with Gasteiger partial charge in [0.25, 0.3) is 0 Å². The van der Waals surface area contributed by atoms with Crippen LogP contribution in [0.4, 0.5) is 0 Å². The summed E-state index contributed by atoms with van der Waals surface area (Å²) in [5.74, 6) is 0.819. The highest BCUT2D eigenvalue weighted by molar-refractivity contribution is 5.79. The summed E-state index contributed by atoms with van der Waals surface area (Å²) in [5.41, 5.74) is 3.57. The smallest absolute Gasteiger partial charge is 0.191 e. The van der Waals surface area contributed by atoms with E-state index in [1.54, 1.807) is 6.20 Å². The highest BCUT2D eigenvalue weighted by atomic mass is 16.5. The quantitative estimate of drug-likeness (QED) is 0.570. The molecule has 0 spiro atoms. The van der Waals surface area contributed by atoms with E-state index in [4.69, 9.17) is 9.73 Å². The number of hydrogen-bond donors (Lipinski definition) is 2. The van der Waals surface area contributed by atoms with Crippen LogP contribution < -0.4 is 10.6 Å². The molecule has 2 aromatic rings. The summed E-state index contributed by atoms with van der Waals surface area (Å²) in [6, 6.07) is 15.0. The van der Waals surface area contributed by atoms with Gasteiger partial charge in [0.1, 0.15) is 0 Å². The second kappa shape index (κ2) is 10.8. The van der Waals surface area contributed by atoms with Crippen molar-refractivity contribution in [1.29, 1.82) is 0 Å². The van der Waals surface area contributed by atoms with Crippen LogP contribution in [0.25, 0.3) is 0 Å². The molecule has 150 valence electrons. The fraction of sp³-hybridized carbons (Fsp3) is 0.455. The van der Waals surface area contributed by atoms with Gasteiger partial charge in [0.2, 0.25) is 0 Å². The van der Waals surface area contributed by atoms with Crippen LogP contribution in [0.5, 0.6) is 0 Å². The van der Waals surface area contributed by atoms with E-state index in [1.807, 2.05) is 18.2 Å². The van der Waals surface area contributed by atoms with Gasteiger partial charge < -0.3 is 15.4 Å². The van der Waals surface area contributed by atoms with E-state index >= 15 is 0 Å². The lowest BCUT2D eigenvalue weighted by Gasteiger charge is -2.35. The van der Waals surface area contributed by atoms with Gasteiger partial charge in [-0.3, -0.25) is 9.88 Å². The third kappa shape index (κ3) is 6.04. The zero-order valence-corrected chi connectivity index (χ0v) is 16.9. The highest BCUT2D eigenvalue weighted by Crippen LogP contribution is 2.22. The molecule has 1 unspecified atom stereocenters. The number of rotatable bonds is 7. The number of aryl methyl sites for hydroxylation is 1. The van der Waals surface area contributed by atoms with Gasteiger partial charge in [0.15, 0.2) is 5.96 Å². The first-order chi connectivity index (χ1) is 13.8. The van der Waals surface area contributed by atoms with Crippen molar-refractivity contribution in [1.82, 2.24) is 20.5 Å². The maximum Gasteiger partial charge on any atom is 0.191 e. The molecule has 0 saturated carbocycles. The molecule has 1 aliphatic heterocycles. The first-order valence-electron chi connectivity index (χ1n) is 10.1. The van der Waals surface area contributed by atoms with Crippen molar-refractivity contribution in [3.05, 3.63) is 65.5 Å². The van der Waals surface area contributed by atoms with Gasteiger partial charge in [-0.15, -0.1) is 0 Å². The number of morpholine rings is 1. The Kier molecular flexibility index (Phi) is 7.82. The number of pyridine rings is 1. The van der Waals surface area contributed by atoms with Crippen LogP contribution in [0.2, 0.25) is 0 Å². The predicted octanol–water partition coefficient (Wildman–Crippen LogP) is 2.52. The van der Waals surface area contributed by atoms with Gasteiger partial charge in [-0.2, -0.15) is 0 Å². The number of nitrogens with one attached hydrogen (secondary N) is 2. The molecule has 2 N–H and O–H groups in total. The van der Waals surface area contributed by atoms with Crippen LogP contribution in [0.15, 0.2) is 53.7 Å². The SMILES string of the molecule is CCNC(=NCc1ccccn1)NCC(c1cccc(C)c1)N1CCOCC1. The van der Waals surface area contributed by atoms with E-state index in [0.29, 0.717) is 6.54 Å². The third-order valence-electron chi connectivity index (χ3n) is 4.85. The van der Waals surface area contributed by atoms with Gasteiger partial charge in [-0.25, -0.2) is 4.99 Å². The average Bonchev–Trinajstić information content (AvgIpc) is 2.74. The van der Waals surface area contributed by atoms with Crippen LogP contribution in [0.1, 0.15) is 29.8 Å². The van der Waals surface area contributed by atoms with Crippen LogP contribution in [-0.4, -0.2) is 55.2 Å². The molecule has 28 heavy (non-hydrogen) atoms. The molecule has 0 aliphatic carbocycles. The summed E-state index contributed by atoms with van der Waals surface area (Å²) in [6.45, 7) is 9.86. The molecule has 1 atom stereocenters. The Bertz CT molecular complexity index is 744. The first-order valence-corrected chi connectivity index (χ1v) is 10.1. The van der Waals surface area contributed by atoms with Crippen LogP contribution in [-0.2, 0) is 11.3 Å². The molecule has 1 fully saturated rings. The Hall–Kier alpha value is -2.44. The molecule has 1 aliphatic rings. The fourth-order valence-corrected chi connectivity index (χ4v) is 3.41. The molecule has 2 heterocycles. The molecule has 1 aromatic carbocycles. The summed E-state index contributed by atoms with van der Waals surface area (Å²) in [6.07, 6.45) is 1.80. The summed E-state index contributed by atoms with van der Waals surface area (Å²) in [5, 5.41) is 6.88. The molecule has 6 nitrogen and oxygen atoms in total. The van der Waals surface area contributed by atoms with Crippen molar-refractivity contribution in [2.45, 2.75) is 26.4 Å². The van der Waals surface area contributed by atoms with Crippen molar-refractivity contribution in [3.63, 3.8) is 0 Å². The number of ether oxygens (including phenoxy) is 1. The van der Waals surface area contributed by atoms with E-state index in [2.05, 4.69) is 58.6 Å². The molecule has 3 rings (SSSR count). The van der Waals surface area contributed by atoms with E-state index in [-0.39, 0.29) is 6.04 Å². The maximum absolute atomic E-state index is 5.56. The number of benzene rings is 1. The van der Waals surface area contributed by atoms with Gasteiger partial charge in [-0.1, -0.05) is 35.9 Å². The Morgan fingerprint density at radius 1 is 1.18 bits per heavy atom. The topological polar surface area (TPSA) is 61.8 Å². The van der Waals surface area contributed by atoms with Crippen LogP contribution in [0, 0.1) is 6.92 Å². The minimum Gasteiger partial charge on any atom is -0.379 e. The molecule has 0 radical (unpaired) electrons. The Morgan fingerprint density at radius 3 is 2.75 bits per heavy atom. The van der Waals surface area contributed by atoms with Crippen molar-refractivity contribution in [3.8, 4) is 0 Å². The van der Waals surface area contributed by atoms with E-state index in [1.165, 1.54) is 11.1 Å². The summed E-state index contributed by atoms with van der Waals surface area (Å²) in [4.78, 5) is 11.5. The number of nitrogens with zero attached hydrogens (tertiary/aromatic N) is 3. The fourth-order valence-electron chi connectivity index (χ4n) is 3.41. The Labute approximate surface area is 168 Å². The second-order valence-electron chi connectivity index (χ2n) is 6.98. The number of guanidine groups is 1. The lowest BCUT2D eigenvalue weighted by Crippen LogP contribution is -2.46. The van der Waals surface area contributed by atoms with Crippen molar-refractivity contribution in [2.75, 3.05) is 39.4 Å². The molecular formula is C22H31N5O. The summed E-state index contributed by atoms with van der Waals surface area (Å²) >= 11 is 0. The predicted molar refractivity (Wildman–Crippen MR) is 113 cm³/mol. The minimum absolute atomic E-state index is 0.280. The van der Waals surface area contributed by atoms with E-state index in [0.717, 1.165) is 51.0 Å².